The number of ether oxygens (including phenoxy) is 2. The second-order valence-electron chi connectivity index (χ2n) is 9.03. The van der Waals surface area contributed by atoms with E-state index >= 15 is 0 Å². The zero-order chi connectivity index (χ0) is 24.0. The number of anilines is 1. The smallest absolute Gasteiger partial charge is 0.162 e. The fourth-order valence-electron chi connectivity index (χ4n) is 4.45. The molecule has 34 heavy (non-hydrogen) atoms. The van der Waals surface area contributed by atoms with Crippen LogP contribution in [-0.2, 0) is 15.9 Å². The lowest BCUT2D eigenvalue weighted by Gasteiger charge is -2.27. The fourth-order valence-corrected chi connectivity index (χ4v) is 4.80. The summed E-state index contributed by atoms with van der Waals surface area (Å²) in [6.07, 6.45) is 4.57. The van der Waals surface area contributed by atoms with E-state index < -0.39 is 12.0 Å². The minimum atomic E-state index is -1.30. The molecule has 178 valence electrons. The first-order valence-corrected chi connectivity index (χ1v) is 11.8. The second kappa shape index (κ2) is 8.94. The number of nitrogens with two attached hydrogens (primary N) is 1. The Morgan fingerprint density at radius 3 is 2.85 bits per heavy atom. The summed E-state index contributed by atoms with van der Waals surface area (Å²) in [5.41, 5.74) is 8.46. The Bertz CT molecular complexity index is 1350. The largest absolute Gasteiger partial charge is 0.382 e. The topological polar surface area (TPSA) is 108 Å². The predicted octanol–water partition coefficient (Wildman–Crippen LogP) is 4.90. The average molecular weight is 502 g/mol. The van der Waals surface area contributed by atoms with Gasteiger partial charge in [0.2, 0.25) is 0 Å². The molecule has 0 aliphatic carbocycles. The van der Waals surface area contributed by atoms with Crippen molar-refractivity contribution in [2.45, 2.75) is 57.3 Å². The third-order valence-electron chi connectivity index (χ3n) is 5.94. The summed E-state index contributed by atoms with van der Waals surface area (Å²) in [5.74, 6) is -0.982. The van der Waals surface area contributed by atoms with Crippen LogP contribution in [-0.4, -0.2) is 42.6 Å². The van der Waals surface area contributed by atoms with E-state index in [1.807, 2.05) is 35.0 Å². The zero-order valence-corrected chi connectivity index (χ0v) is 20.3. The number of hydrogen-bond acceptors (Lipinski definition) is 7. The Kier molecular flexibility index (Phi) is 6.12. The van der Waals surface area contributed by atoms with Gasteiger partial charge in [-0.1, -0.05) is 35.3 Å². The molecule has 0 spiro atoms. The maximum absolute atomic E-state index is 10.3. The summed E-state index contributed by atoms with van der Waals surface area (Å²) in [5, 5.41) is 12.8. The number of halogens is 2. The van der Waals surface area contributed by atoms with Gasteiger partial charge < -0.3 is 24.9 Å². The van der Waals surface area contributed by atoms with Crippen molar-refractivity contribution in [2.75, 3.05) is 5.73 Å². The molecule has 4 aromatic rings. The van der Waals surface area contributed by atoms with Crippen molar-refractivity contribution in [3.63, 3.8) is 0 Å². The Morgan fingerprint density at radius 1 is 1.24 bits per heavy atom. The van der Waals surface area contributed by atoms with Gasteiger partial charge in [0, 0.05) is 18.0 Å². The van der Waals surface area contributed by atoms with Crippen LogP contribution in [0.25, 0.3) is 21.9 Å². The van der Waals surface area contributed by atoms with E-state index in [0.29, 0.717) is 28.1 Å². The highest BCUT2D eigenvalue weighted by Gasteiger charge is 2.40. The Balaban J connectivity index is 1.36. The molecule has 0 saturated carbocycles. The first-order valence-electron chi connectivity index (χ1n) is 11.1. The Hall–Kier alpha value is -2.49. The molecule has 8 nitrogen and oxygen atoms in total. The Morgan fingerprint density at radius 2 is 2.06 bits per heavy atom. The van der Waals surface area contributed by atoms with E-state index in [9.17, 15) is 5.11 Å². The molecule has 3 atom stereocenters. The number of pyridine rings is 1. The third-order valence-corrected chi connectivity index (χ3v) is 6.54. The van der Waals surface area contributed by atoms with Crippen LogP contribution in [0.5, 0.6) is 0 Å². The first-order chi connectivity index (χ1) is 16.2. The maximum Gasteiger partial charge on any atom is 0.162 e. The summed E-state index contributed by atoms with van der Waals surface area (Å²) in [7, 11) is 0. The number of aromatic nitrogens is 4. The van der Waals surface area contributed by atoms with Gasteiger partial charge in [-0.2, -0.15) is 0 Å². The molecule has 3 aromatic heterocycles. The number of nitrogens with zero attached hydrogens (tertiary/aromatic N) is 4. The fraction of sp³-hybridized carbons (Fsp3) is 0.375. The van der Waals surface area contributed by atoms with Gasteiger partial charge in [0.25, 0.3) is 0 Å². The van der Waals surface area contributed by atoms with Crippen LogP contribution in [0, 0.1) is 0 Å². The minimum absolute atomic E-state index is 0.0777. The summed E-state index contributed by atoms with van der Waals surface area (Å²) in [6, 6.07) is 9.76. The van der Waals surface area contributed by atoms with Gasteiger partial charge in [-0.05, 0) is 50.5 Å². The van der Waals surface area contributed by atoms with Crippen molar-refractivity contribution >= 4 is 51.0 Å². The number of aliphatic hydroxyl groups is 1. The number of rotatable bonds is 6. The molecule has 0 amide bonds. The van der Waals surface area contributed by atoms with E-state index in [4.69, 9.17) is 38.4 Å². The van der Waals surface area contributed by atoms with Crippen molar-refractivity contribution in [1.29, 1.82) is 0 Å². The molecule has 2 unspecified atom stereocenters. The number of nitrogen functional groups attached to an aromatic ring is 1. The third kappa shape index (κ3) is 4.69. The van der Waals surface area contributed by atoms with Crippen LogP contribution in [0.4, 0.5) is 5.82 Å². The van der Waals surface area contributed by atoms with Crippen LogP contribution in [0.15, 0.2) is 42.9 Å². The summed E-state index contributed by atoms with van der Waals surface area (Å²) in [6.45, 7) is 3.23. The maximum atomic E-state index is 10.3. The predicted molar refractivity (Wildman–Crippen MR) is 132 cm³/mol. The molecule has 1 aliphatic heterocycles. The summed E-state index contributed by atoms with van der Waals surface area (Å²) >= 11 is 12.3. The lowest BCUT2D eigenvalue weighted by Crippen LogP contribution is -2.33. The number of benzene rings is 1. The van der Waals surface area contributed by atoms with E-state index in [0.717, 1.165) is 34.7 Å². The van der Waals surface area contributed by atoms with Crippen molar-refractivity contribution < 1.29 is 14.6 Å². The van der Waals surface area contributed by atoms with Crippen molar-refractivity contribution in [1.82, 2.24) is 19.5 Å². The van der Waals surface area contributed by atoms with Crippen LogP contribution >= 0.6 is 23.2 Å². The molecule has 1 fully saturated rings. The molecule has 10 heteroatoms. The van der Waals surface area contributed by atoms with Gasteiger partial charge in [0.05, 0.1) is 22.0 Å². The van der Waals surface area contributed by atoms with Crippen LogP contribution < -0.4 is 5.73 Å². The standard InChI is InChI=1S/C24H25Cl2N5O3/c1-24(2,32)34-19-11-15(33-23(19)31-8-7-16-20(26)28-12-29-22(16)31)6-4-13-3-5-14-10-17(25)21(27)30-18(14)9-13/h3,5,7-10,12,15,19,23,32H,4,6,11H2,1-2H3,(H2,27,30)/t15?,19-,23?/m1/s1. The molecule has 1 aromatic carbocycles. The Labute approximate surface area is 206 Å². The van der Waals surface area contributed by atoms with Gasteiger partial charge in [-0.25, -0.2) is 15.0 Å². The molecule has 0 radical (unpaired) electrons. The van der Waals surface area contributed by atoms with Gasteiger partial charge >= 0.3 is 0 Å². The van der Waals surface area contributed by atoms with Crippen LogP contribution in [0.1, 0.15) is 38.5 Å². The van der Waals surface area contributed by atoms with Crippen molar-refractivity contribution in [3.8, 4) is 0 Å². The molecule has 5 rings (SSSR count). The highest BCUT2D eigenvalue weighted by molar-refractivity contribution is 6.34. The van der Waals surface area contributed by atoms with Crippen molar-refractivity contribution in [3.05, 3.63) is 58.6 Å². The molecule has 4 heterocycles. The quantitative estimate of drug-likeness (QED) is 0.285. The molecule has 3 N–H and O–H groups in total. The zero-order valence-electron chi connectivity index (χ0n) is 18.8. The van der Waals surface area contributed by atoms with E-state index in [1.165, 1.54) is 6.33 Å². The highest BCUT2D eigenvalue weighted by Crippen LogP contribution is 2.37. The number of hydrogen-bond donors (Lipinski definition) is 2. The van der Waals surface area contributed by atoms with E-state index in [2.05, 4.69) is 21.0 Å². The molecule has 1 aliphatic rings. The molecule has 1 saturated heterocycles. The SMILES string of the molecule is CC(C)(O)O[C@@H]1CC(CCc2ccc3cc(Cl)c(N)nc3c2)OC1n1ccc2c(Cl)ncnc21. The number of aryl methyl sites for hydroxylation is 1. The van der Waals surface area contributed by atoms with Gasteiger partial charge in [0.1, 0.15) is 29.0 Å². The van der Waals surface area contributed by atoms with E-state index in [1.54, 1.807) is 13.8 Å². The molecule has 0 bridgehead atoms. The highest BCUT2D eigenvalue weighted by atomic mass is 35.5. The lowest BCUT2D eigenvalue weighted by atomic mass is 10.0. The average Bonchev–Trinajstić information content (AvgIpc) is 3.36. The first kappa shape index (κ1) is 23.3. The lowest BCUT2D eigenvalue weighted by molar-refractivity contribution is -0.222. The summed E-state index contributed by atoms with van der Waals surface area (Å²) in [4.78, 5) is 12.8. The minimum Gasteiger partial charge on any atom is -0.382 e. The van der Waals surface area contributed by atoms with Gasteiger partial charge in [-0.3, -0.25) is 0 Å². The second-order valence-corrected chi connectivity index (χ2v) is 9.80. The monoisotopic (exact) mass is 501 g/mol. The number of fused-ring (bicyclic) bond motifs is 2. The van der Waals surface area contributed by atoms with Gasteiger partial charge in [0.15, 0.2) is 12.0 Å². The van der Waals surface area contributed by atoms with Crippen molar-refractivity contribution in [2.24, 2.45) is 0 Å². The normalized spacial score (nSPS) is 21.0. The van der Waals surface area contributed by atoms with E-state index in [-0.39, 0.29) is 12.2 Å². The molecular weight excluding hydrogens is 477 g/mol. The molecular formula is C24H25Cl2N5O3. The summed E-state index contributed by atoms with van der Waals surface area (Å²) < 4.78 is 14.3. The van der Waals surface area contributed by atoms with Crippen LogP contribution in [0.2, 0.25) is 10.2 Å². The van der Waals surface area contributed by atoms with Crippen LogP contribution in [0.3, 0.4) is 0 Å². The van der Waals surface area contributed by atoms with Gasteiger partial charge in [-0.15, -0.1) is 0 Å².